The van der Waals surface area contributed by atoms with Crippen LogP contribution in [0, 0.1) is 0 Å². The summed E-state index contributed by atoms with van der Waals surface area (Å²) in [6.45, 7) is 6.84. The molecule has 2 nitrogen and oxygen atoms in total. The highest BCUT2D eigenvalue weighted by molar-refractivity contribution is 9.09. The molecule has 1 aromatic heterocycles. The standard InChI is InChI=1S/C8H11BrN2/c1-3-11-5-4-8(10-11)7(2)6-9/h4-5H,2-3,6H2,1H3. The highest BCUT2D eigenvalue weighted by Crippen LogP contribution is 2.11. The van der Waals surface area contributed by atoms with Crippen molar-refractivity contribution in [2.75, 3.05) is 5.33 Å². The normalized spacial score (nSPS) is 10.0. The maximum absolute atomic E-state index is 4.29. The Morgan fingerprint density at radius 3 is 3.00 bits per heavy atom. The van der Waals surface area contributed by atoms with Gasteiger partial charge in [-0.2, -0.15) is 5.10 Å². The SMILES string of the molecule is C=C(CBr)c1ccn(CC)n1. The van der Waals surface area contributed by atoms with Crippen LogP contribution in [-0.2, 0) is 6.54 Å². The Labute approximate surface area is 75.0 Å². The lowest BCUT2D eigenvalue weighted by molar-refractivity contribution is 0.657. The average Bonchev–Trinajstić information content (AvgIpc) is 2.50. The summed E-state index contributed by atoms with van der Waals surface area (Å²) in [5.74, 6) is 0. The lowest BCUT2D eigenvalue weighted by Crippen LogP contribution is -1.95. The van der Waals surface area contributed by atoms with Crippen LogP contribution in [0.4, 0.5) is 0 Å². The van der Waals surface area contributed by atoms with Crippen LogP contribution in [0.25, 0.3) is 5.57 Å². The molecule has 60 valence electrons. The first-order valence-corrected chi connectivity index (χ1v) is 4.67. The minimum atomic E-state index is 0.785. The van der Waals surface area contributed by atoms with E-state index in [1.165, 1.54) is 0 Å². The fourth-order valence-corrected chi connectivity index (χ4v) is 1.08. The molecule has 0 saturated carbocycles. The van der Waals surface area contributed by atoms with E-state index in [2.05, 4.69) is 34.5 Å². The molecule has 1 aromatic rings. The number of aromatic nitrogens is 2. The summed E-state index contributed by atoms with van der Waals surface area (Å²) in [5, 5.41) is 5.07. The maximum Gasteiger partial charge on any atom is 0.0885 e. The predicted molar refractivity (Wildman–Crippen MR) is 50.7 cm³/mol. The first-order valence-electron chi connectivity index (χ1n) is 3.55. The predicted octanol–water partition coefficient (Wildman–Crippen LogP) is 2.31. The zero-order chi connectivity index (χ0) is 8.27. The molecule has 11 heavy (non-hydrogen) atoms. The zero-order valence-electron chi connectivity index (χ0n) is 6.55. The van der Waals surface area contributed by atoms with Gasteiger partial charge in [-0.15, -0.1) is 0 Å². The highest BCUT2D eigenvalue weighted by atomic mass is 79.9. The van der Waals surface area contributed by atoms with Crippen molar-refractivity contribution in [3.05, 3.63) is 24.5 Å². The van der Waals surface area contributed by atoms with Crippen LogP contribution >= 0.6 is 15.9 Å². The van der Waals surface area contributed by atoms with Gasteiger partial charge in [-0.25, -0.2) is 0 Å². The Morgan fingerprint density at radius 1 is 1.82 bits per heavy atom. The number of allylic oxidation sites excluding steroid dienone is 1. The lowest BCUT2D eigenvalue weighted by atomic mass is 10.2. The number of alkyl halides is 1. The van der Waals surface area contributed by atoms with Crippen LogP contribution in [-0.4, -0.2) is 15.1 Å². The van der Waals surface area contributed by atoms with E-state index in [0.29, 0.717) is 0 Å². The molecule has 0 amide bonds. The number of hydrogen-bond donors (Lipinski definition) is 0. The Bertz CT molecular complexity index is 252. The molecular formula is C8H11BrN2. The van der Waals surface area contributed by atoms with Gasteiger partial charge in [-0.05, 0) is 18.6 Å². The van der Waals surface area contributed by atoms with E-state index in [1.54, 1.807) is 0 Å². The molecule has 0 bridgehead atoms. The summed E-state index contributed by atoms with van der Waals surface area (Å²) in [6.07, 6.45) is 1.96. The van der Waals surface area contributed by atoms with E-state index in [4.69, 9.17) is 0 Å². The Balaban J connectivity index is 2.80. The first-order chi connectivity index (χ1) is 5.27. The average molecular weight is 215 g/mol. The van der Waals surface area contributed by atoms with Crippen molar-refractivity contribution in [3.8, 4) is 0 Å². The molecule has 1 heterocycles. The Kier molecular flexibility index (Phi) is 2.88. The fraction of sp³-hybridized carbons (Fsp3) is 0.375. The number of hydrogen-bond acceptors (Lipinski definition) is 1. The minimum Gasteiger partial charge on any atom is -0.272 e. The first kappa shape index (κ1) is 8.53. The Morgan fingerprint density at radius 2 is 2.55 bits per heavy atom. The van der Waals surface area contributed by atoms with Crippen LogP contribution in [0.2, 0.25) is 0 Å². The van der Waals surface area contributed by atoms with E-state index < -0.39 is 0 Å². The summed E-state index contributed by atoms with van der Waals surface area (Å²) in [4.78, 5) is 0. The smallest absolute Gasteiger partial charge is 0.0885 e. The second-order valence-electron chi connectivity index (χ2n) is 2.29. The van der Waals surface area contributed by atoms with E-state index in [1.807, 2.05) is 16.9 Å². The number of halogens is 1. The fourth-order valence-electron chi connectivity index (χ4n) is 0.795. The molecule has 0 aliphatic rings. The van der Waals surface area contributed by atoms with Gasteiger partial charge in [-0.3, -0.25) is 4.68 Å². The van der Waals surface area contributed by atoms with Gasteiger partial charge in [0.2, 0.25) is 0 Å². The second kappa shape index (κ2) is 3.72. The molecule has 0 aromatic carbocycles. The molecule has 1 rings (SSSR count). The third-order valence-electron chi connectivity index (χ3n) is 1.49. The molecule has 3 heteroatoms. The van der Waals surface area contributed by atoms with Gasteiger partial charge in [-0.1, -0.05) is 22.5 Å². The third kappa shape index (κ3) is 1.93. The number of aryl methyl sites for hydroxylation is 1. The topological polar surface area (TPSA) is 17.8 Å². The highest BCUT2D eigenvalue weighted by Gasteiger charge is 1.99. The molecule has 0 spiro atoms. The zero-order valence-corrected chi connectivity index (χ0v) is 8.13. The quantitative estimate of drug-likeness (QED) is 0.707. The van der Waals surface area contributed by atoms with Crippen LogP contribution in [0.1, 0.15) is 12.6 Å². The second-order valence-corrected chi connectivity index (χ2v) is 2.85. The van der Waals surface area contributed by atoms with Crippen molar-refractivity contribution in [1.29, 1.82) is 0 Å². The summed E-state index contributed by atoms with van der Waals surface area (Å²) in [5.41, 5.74) is 2.00. The van der Waals surface area contributed by atoms with E-state index in [9.17, 15) is 0 Å². The molecule has 0 aliphatic heterocycles. The number of rotatable bonds is 3. The van der Waals surface area contributed by atoms with Gasteiger partial charge in [0.15, 0.2) is 0 Å². The van der Waals surface area contributed by atoms with Crippen LogP contribution < -0.4 is 0 Å². The molecule has 0 saturated heterocycles. The van der Waals surface area contributed by atoms with Gasteiger partial charge >= 0.3 is 0 Å². The van der Waals surface area contributed by atoms with Crippen LogP contribution in [0.3, 0.4) is 0 Å². The summed E-state index contributed by atoms with van der Waals surface area (Å²) >= 11 is 3.33. The maximum atomic E-state index is 4.29. The van der Waals surface area contributed by atoms with E-state index >= 15 is 0 Å². The minimum absolute atomic E-state index is 0.785. The molecule has 0 N–H and O–H groups in total. The van der Waals surface area contributed by atoms with Crippen molar-refractivity contribution in [2.24, 2.45) is 0 Å². The van der Waals surface area contributed by atoms with Crippen molar-refractivity contribution >= 4 is 21.5 Å². The molecule has 0 fully saturated rings. The van der Waals surface area contributed by atoms with Gasteiger partial charge in [0, 0.05) is 18.1 Å². The molecular weight excluding hydrogens is 204 g/mol. The third-order valence-corrected chi connectivity index (χ3v) is 2.17. The van der Waals surface area contributed by atoms with E-state index in [-0.39, 0.29) is 0 Å². The van der Waals surface area contributed by atoms with Gasteiger partial charge in [0.05, 0.1) is 5.69 Å². The largest absolute Gasteiger partial charge is 0.272 e. The van der Waals surface area contributed by atoms with E-state index in [0.717, 1.165) is 23.1 Å². The molecule has 0 atom stereocenters. The van der Waals surface area contributed by atoms with Gasteiger partial charge < -0.3 is 0 Å². The van der Waals surface area contributed by atoms with Crippen LogP contribution in [0.5, 0.6) is 0 Å². The number of nitrogens with zero attached hydrogens (tertiary/aromatic N) is 2. The monoisotopic (exact) mass is 214 g/mol. The van der Waals surface area contributed by atoms with Crippen molar-refractivity contribution < 1.29 is 0 Å². The molecule has 0 aliphatic carbocycles. The summed E-state index contributed by atoms with van der Waals surface area (Å²) in [7, 11) is 0. The summed E-state index contributed by atoms with van der Waals surface area (Å²) in [6, 6.07) is 1.98. The van der Waals surface area contributed by atoms with Crippen molar-refractivity contribution in [3.63, 3.8) is 0 Å². The van der Waals surface area contributed by atoms with Gasteiger partial charge in [0.1, 0.15) is 0 Å². The van der Waals surface area contributed by atoms with Crippen molar-refractivity contribution in [1.82, 2.24) is 9.78 Å². The molecule has 0 radical (unpaired) electrons. The van der Waals surface area contributed by atoms with Crippen LogP contribution in [0.15, 0.2) is 18.8 Å². The lowest BCUT2D eigenvalue weighted by Gasteiger charge is -1.95. The van der Waals surface area contributed by atoms with Gasteiger partial charge in [0.25, 0.3) is 0 Å². The van der Waals surface area contributed by atoms with Crippen molar-refractivity contribution in [2.45, 2.75) is 13.5 Å². The molecule has 0 unspecified atom stereocenters. The Hall–Kier alpha value is -0.570. The summed E-state index contributed by atoms with van der Waals surface area (Å²) < 4.78 is 1.89.